The van der Waals surface area contributed by atoms with Crippen molar-refractivity contribution in [3.05, 3.63) is 53.1 Å². The van der Waals surface area contributed by atoms with Gasteiger partial charge in [-0.2, -0.15) is 0 Å². The maximum atomic E-state index is 12.8. The van der Waals surface area contributed by atoms with Gasteiger partial charge in [0.05, 0.1) is 5.41 Å². The highest BCUT2D eigenvalue weighted by atomic mass is 35.5. The number of rotatable bonds is 8. The Hall–Kier alpha value is -2.31. The number of Topliss-reactive ketones (excluding diaryl/α,β-unsaturated/α-hetero) is 1. The number of anilines is 1. The topological polar surface area (TPSA) is 58.6 Å². The first-order valence-corrected chi connectivity index (χ1v) is 14.6. The van der Waals surface area contributed by atoms with Crippen LogP contribution in [0.1, 0.15) is 70.8 Å². The third kappa shape index (κ3) is 5.82. The number of hydrogen-bond acceptors (Lipinski definition) is 4. The average Bonchev–Trinajstić information content (AvgIpc) is 3.62. The lowest BCUT2D eigenvalue weighted by Crippen LogP contribution is -2.47. The number of likely N-dealkylation sites (tertiary alicyclic amines) is 1. The van der Waals surface area contributed by atoms with Gasteiger partial charge in [-0.15, -0.1) is 0 Å². The molecule has 2 aromatic carbocycles. The summed E-state index contributed by atoms with van der Waals surface area (Å²) < 4.78 is 5.95. The van der Waals surface area contributed by atoms with Crippen molar-refractivity contribution in [2.45, 2.75) is 75.9 Å². The molecule has 1 radical (unpaired) electrons. The highest BCUT2D eigenvalue weighted by Gasteiger charge is 2.48. The fourth-order valence-corrected chi connectivity index (χ4v) is 6.12. The average molecular weight is 534 g/mol. The minimum Gasteiger partial charge on any atom is -0.492 e. The van der Waals surface area contributed by atoms with Gasteiger partial charge in [0.25, 0.3) is 0 Å². The molecule has 3 fully saturated rings. The van der Waals surface area contributed by atoms with Crippen LogP contribution in [-0.4, -0.2) is 50.1 Å². The molecule has 2 aliphatic heterocycles. The van der Waals surface area contributed by atoms with E-state index in [4.69, 9.17) is 16.3 Å². The highest BCUT2D eigenvalue weighted by Crippen LogP contribution is 2.53. The summed E-state index contributed by atoms with van der Waals surface area (Å²) >= 11 is 6.20. The van der Waals surface area contributed by atoms with Crippen molar-refractivity contribution in [1.29, 1.82) is 0 Å². The third-order valence-corrected chi connectivity index (χ3v) is 9.42. The molecule has 1 amide bonds. The van der Waals surface area contributed by atoms with E-state index in [9.17, 15) is 9.59 Å². The van der Waals surface area contributed by atoms with Crippen LogP contribution in [0.4, 0.5) is 5.69 Å². The monoisotopic (exact) mass is 533 g/mol. The van der Waals surface area contributed by atoms with E-state index < -0.39 is 5.41 Å². The van der Waals surface area contributed by atoms with E-state index in [0.29, 0.717) is 11.6 Å². The fraction of sp³-hybridized carbons (Fsp3) is 0.548. The number of nitrogens with one attached hydrogen (secondary N) is 1. The molecule has 38 heavy (non-hydrogen) atoms. The number of ketones is 1. The number of carbonyl (C=O) groups excluding carboxylic acids is 2. The van der Waals surface area contributed by atoms with E-state index in [-0.39, 0.29) is 17.0 Å². The molecule has 2 saturated carbocycles. The maximum absolute atomic E-state index is 12.8. The summed E-state index contributed by atoms with van der Waals surface area (Å²) in [6.07, 6.45) is 9.42. The molecule has 0 bridgehead atoms. The van der Waals surface area contributed by atoms with E-state index in [0.717, 1.165) is 73.7 Å². The molecule has 5 nitrogen and oxygen atoms in total. The zero-order valence-corrected chi connectivity index (χ0v) is 23.5. The van der Waals surface area contributed by atoms with Crippen molar-refractivity contribution in [1.82, 2.24) is 4.90 Å². The zero-order chi connectivity index (χ0) is 26.8. The molecule has 1 saturated heterocycles. The van der Waals surface area contributed by atoms with Crippen molar-refractivity contribution in [2.75, 3.05) is 31.6 Å². The van der Waals surface area contributed by atoms with Crippen LogP contribution < -0.4 is 15.5 Å². The Bertz CT molecular complexity index is 1150. The predicted octanol–water partition coefficient (Wildman–Crippen LogP) is 5.77. The molecule has 2 aliphatic carbocycles. The number of benzene rings is 2. The molecule has 0 aromatic heterocycles. The van der Waals surface area contributed by atoms with Crippen molar-refractivity contribution in [3.63, 3.8) is 0 Å². The quantitative estimate of drug-likeness (QED) is 0.438. The zero-order valence-electron chi connectivity index (χ0n) is 22.7. The third-order valence-electron chi connectivity index (χ3n) is 9.18. The van der Waals surface area contributed by atoms with Gasteiger partial charge in [0.15, 0.2) is 7.28 Å². The van der Waals surface area contributed by atoms with E-state index in [1.165, 1.54) is 25.7 Å². The van der Waals surface area contributed by atoms with Crippen LogP contribution in [0, 0.1) is 5.92 Å². The molecule has 1 spiro atoms. The van der Waals surface area contributed by atoms with E-state index in [1.54, 1.807) is 6.92 Å². The van der Waals surface area contributed by atoms with Crippen LogP contribution in [0.3, 0.4) is 0 Å². The maximum Gasteiger partial charge on any atom is 0.235 e. The van der Waals surface area contributed by atoms with E-state index >= 15 is 0 Å². The Balaban J connectivity index is 0.000000433. The fourth-order valence-electron chi connectivity index (χ4n) is 5.95. The second-order valence-corrected chi connectivity index (χ2v) is 12.0. The summed E-state index contributed by atoms with van der Waals surface area (Å²) in [5.74, 6) is 2.30. The Morgan fingerprint density at radius 3 is 2.37 bits per heavy atom. The van der Waals surface area contributed by atoms with Crippen molar-refractivity contribution >= 4 is 41.7 Å². The lowest BCUT2D eigenvalue weighted by atomic mass is 9.55. The Morgan fingerprint density at radius 1 is 1.11 bits per heavy atom. The van der Waals surface area contributed by atoms with Gasteiger partial charge in [0.2, 0.25) is 5.91 Å². The number of amides is 1. The first-order valence-electron chi connectivity index (χ1n) is 14.3. The normalized spacial score (nSPS) is 21.0. The van der Waals surface area contributed by atoms with Gasteiger partial charge in [-0.3, -0.25) is 9.69 Å². The lowest BCUT2D eigenvalue weighted by molar-refractivity contribution is -0.122. The standard InChI is InChI=1S/C25H27BClN2O3.C6H12/c1-17(30)25(8-9-25)26-18-2-5-20(6-3-18)32-15-14-29-12-10-24(11-13-29)21-16-19(27)4-7-22(21)28-23(24)31;1-2-6-4-3-5-6/h2-7,16H,8-15H2,1H3,(H,28,31);6H,2-5H2,1H3. The minimum atomic E-state index is -0.456. The van der Waals surface area contributed by atoms with Crippen LogP contribution in [-0.2, 0) is 15.0 Å². The van der Waals surface area contributed by atoms with E-state index in [1.807, 2.05) is 42.5 Å². The Kier molecular flexibility index (Phi) is 8.21. The van der Waals surface area contributed by atoms with Gasteiger partial charge in [-0.05, 0) is 87.5 Å². The van der Waals surface area contributed by atoms with Gasteiger partial charge in [-0.1, -0.05) is 61.8 Å². The molecule has 201 valence electrons. The van der Waals surface area contributed by atoms with Crippen LogP contribution in [0.5, 0.6) is 5.75 Å². The molecule has 6 rings (SSSR count). The summed E-state index contributed by atoms with van der Waals surface area (Å²) in [6.45, 7) is 7.08. The minimum absolute atomic E-state index is 0.0975. The molecule has 0 unspecified atom stereocenters. The number of nitrogens with zero attached hydrogens (tertiary/aromatic N) is 1. The van der Waals surface area contributed by atoms with Gasteiger partial charge >= 0.3 is 0 Å². The number of hydrogen-bond donors (Lipinski definition) is 1. The summed E-state index contributed by atoms with van der Waals surface area (Å²) in [5, 5.41) is 3.48. The number of halogens is 1. The molecule has 2 aromatic rings. The smallest absolute Gasteiger partial charge is 0.235 e. The highest BCUT2D eigenvalue weighted by molar-refractivity contribution is 6.62. The summed E-state index contributed by atoms with van der Waals surface area (Å²) in [7, 11) is 2.09. The van der Waals surface area contributed by atoms with Gasteiger partial charge in [0.1, 0.15) is 18.1 Å². The SMILES string of the molecule is CC(=O)C1([B]c2ccc(OCCN3CCC4(CC3)C(=O)Nc3ccc(Cl)cc34)cc2)CC1.CCC1CCC1. The summed E-state index contributed by atoms with van der Waals surface area (Å²) in [4.78, 5) is 26.9. The second-order valence-electron chi connectivity index (χ2n) is 11.5. The van der Waals surface area contributed by atoms with Gasteiger partial charge in [0, 0.05) is 22.6 Å². The van der Waals surface area contributed by atoms with Crippen LogP contribution in [0.2, 0.25) is 10.3 Å². The molecular weight excluding hydrogens is 495 g/mol. The van der Waals surface area contributed by atoms with Crippen LogP contribution >= 0.6 is 11.6 Å². The van der Waals surface area contributed by atoms with E-state index in [2.05, 4.69) is 24.4 Å². The molecule has 7 heteroatoms. The number of fused-ring (bicyclic) bond motifs is 2. The van der Waals surface area contributed by atoms with Crippen molar-refractivity contribution in [3.8, 4) is 5.75 Å². The first-order chi connectivity index (χ1) is 18.3. The second kappa shape index (κ2) is 11.4. The molecule has 0 atom stereocenters. The predicted molar refractivity (Wildman–Crippen MR) is 155 cm³/mol. The van der Waals surface area contributed by atoms with Crippen LogP contribution in [0.25, 0.3) is 0 Å². The Labute approximate surface area is 232 Å². The summed E-state index contributed by atoms with van der Waals surface area (Å²) in [6, 6.07) is 13.6. The largest absolute Gasteiger partial charge is 0.492 e. The van der Waals surface area contributed by atoms with Gasteiger partial charge < -0.3 is 14.8 Å². The molecule has 4 aliphatic rings. The van der Waals surface area contributed by atoms with Gasteiger partial charge in [-0.25, -0.2) is 0 Å². The van der Waals surface area contributed by atoms with Crippen molar-refractivity contribution in [2.24, 2.45) is 5.92 Å². The number of carbonyl (C=O) groups is 2. The lowest BCUT2D eigenvalue weighted by Gasteiger charge is -2.38. The molecule has 1 N–H and O–H groups in total. The van der Waals surface area contributed by atoms with Crippen LogP contribution in [0.15, 0.2) is 42.5 Å². The Morgan fingerprint density at radius 2 is 1.82 bits per heavy atom. The van der Waals surface area contributed by atoms with Crippen molar-refractivity contribution < 1.29 is 14.3 Å². The molecular formula is C31H39BClN2O3. The molecule has 2 heterocycles. The number of ether oxygens (including phenoxy) is 1. The summed E-state index contributed by atoms with van der Waals surface area (Å²) in [5.41, 5.74) is 2.55. The first kappa shape index (κ1) is 27.3. The number of piperidine rings is 1.